The van der Waals surface area contributed by atoms with Crippen LogP contribution < -0.4 is 0 Å². The maximum Gasteiger partial charge on any atom is 0.272 e. The van der Waals surface area contributed by atoms with Crippen molar-refractivity contribution in [2.45, 2.75) is 23.9 Å². The number of carbonyl (C=O) groups excluding carboxylic acids is 1. The molecule has 1 fully saturated rings. The Balaban J connectivity index is 1.36. The van der Waals surface area contributed by atoms with Crippen molar-refractivity contribution < 1.29 is 9.18 Å². The number of imidazole rings is 1. The first-order valence-electron chi connectivity index (χ1n) is 10.4. The first-order chi connectivity index (χ1) is 15.2. The van der Waals surface area contributed by atoms with Crippen molar-refractivity contribution in [3.8, 4) is 5.69 Å². The van der Waals surface area contributed by atoms with E-state index in [-0.39, 0.29) is 11.7 Å². The van der Waals surface area contributed by atoms with Crippen molar-refractivity contribution in [3.63, 3.8) is 0 Å². The van der Waals surface area contributed by atoms with E-state index < -0.39 is 0 Å². The number of benzene rings is 2. The topological polar surface area (TPSA) is 53.9 Å². The van der Waals surface area contributed by atoms with Gasteiger partial charge < -0.3 is 9.88 Å². The fraction of sp³-hybridized carbons (Fsp3) is 0.250. The number of carbonyl (C=O) groups is 1. The first kappa shape index (κ1) is 19.9. The average molecular weight is 435 g/mol. The van der Waals surface area contributed by atoms with Crippen molar-refractivity contribution in [1.29, 1.82) is 0 Å². The Bertz CT molecular complexity index is 1220. The van der Waals surface area contributed by atoms with Gasteiger partial charge >= 0.3 is 0 Å². The van der Waals surface area contributed by atoms with Crippen LogP contribution in [0.25, 0.3) is 16.6 Å². The van der Waals surface area contributed by atoms with Gasteiger partial charge in [-0.05, 0) is 60.9 Å². The minimum atomic E-state index is -0.304. The molecule has 5 rings (SSSR count). The fourth-order valence-corrected chi connectivity index (χ4v) is 5.00. The van der Waals surface area contributed by atoms with E-state index in [0.29, 0.717) is 29.9 Å². The van der Waals surface area contributed by atoms with E-state index in [1.807, 2.05) is 21.8 Å². The zero-order valence-corrected chi connectivity index (χ0v) is 18.0. The molecule has 5 nitrogen and oxygen atoms in total. The second kappa shape index (κ2) is 8.23. The van der Waals surface area contributed by atoms with E-state index in [4.69, 9.17) is 0 Å². The number of fused-ring (bicyclic) bond motifs is 1. The molecule has 0 spiro atoms. The van der Waals surface area contributed by atoms with Crippen LogP contribution in [0, 0.1) is 5.82 Å². The predicted octanol–water partition coefficient (Wildman–Crippen LogP) is 5.23. The van der Waals surface area contributed by atoms with Crippen LogP contribution in [0.1, 0.15) is 34.8 Å². The molecule has 1 saturated heterocycles. The number of hydrogen-bond donors (Lipinski definition) is 1. The molecular weight excluding hydrogens is 411 g/mol. The number of amides is 1. The van der Waals surface area contributed by atoms with Crippen LogP contribution in [0.3, 0.4) is 0 Å². The fourth-order valence-electron chi connectivity index (χ4n) is 4.46. The number of hydrogen-bond acceptors (Lipinski definition) is 3. The molecule has 31 heavy (non-hydrogen) atoms. The largest absolute Gasteiger partial charge is 0.361 e. The SMILES string of the molecule is CSc1ncc(C(=O)N2CCC(c3c[nH]c4ccccc34)CC2)n1-c1ccc(F)cc1. The molecule has 3 heterocycles. The molecule has 2 aromatic carbocycles. The highest BCUT2D eigenvalue weighted by Gasteiger charge is 2.28. The Morgan fingerprint density at radius 2 is 1.87 bits per heavy atom. The van der Waals surface area contributed by atoms with Gasteiger partial charge in [-0.15, -0.1) is 0 Å². The molecule has 0 unspecified atom stereocenters. The van der Waals surface area contributed by atoms with Gasteiger partial charge in [0.2, 0.25) is 0 Å². The van der Waals surface area contributed by atoms with E-state index in [0.717, 1.165) is 24.0 Å². The lowest BCUT2D eigenvalue weighted by molar-refractivity contribution is 0.0704. The molecule has 2 aromatic heterocycles. The van der Waals surface area contributed by atoms with Crippen LogP contribution in [0.5, 0.6) is 0 Å². The van der Waals surface area contributed by atoms with Crippen LogP contribution in [0.2, 0.25) is 0 Å². The Kier molecular flexibility index (Phi) is 5.28. The lowest BCUT2D eigenvalue weighted by atomic mass is 9.89. The van der Waals surface area contributed by atoms with E-state index in [1.54, 1.807) is 18.3 Å². The molecule has 158 valence electrons. The van der Waals surface area contributed by atoms with Gasteiger partial charge in [0.05, 0.1) is 6.20 Å². The van der Waals surface area contributed by atoms with Crippen molar-refractivity contribution in [2.24, 2.45) is 0 Å². The van der Waals surface area contributed by atoms with Gasteiger partial charge in [0, 0.05) is 35.9 Å². The molecular formula is C24H23FN4OS. The molecule has 1 N–H and O–H groups in total. The standard InChI is InChI=1S/C24H23FN4OS/c1-31-24-27-15-22(29(24)18-8-6-17(25)7-9-18)23(30)28-12-10-16(11-13-28)20-14-26-21-5-3-2-4-19(20)21/h2-9,14-16,26H,10-13H2,1H3. The summed E-state index contributed by atoms with van der Waals surface area (Å²) in [6, 6.07) is 14.5. The maximum absolute atomic E-state index is 13.4. The Hall–Kier alpha value is -3.06. The number of aromatic nitrogens is 3. The minimum Gasteiger partial charge on any atom is -0.361 e. The van der Waals surface area contributed by atoms with Crippen molar-refractivity contribution in [3.05, 3.63) is 78.0 Å². The van der Waals surface area contributed by atoms with Gasteiger partial charge in [-0.2, -0.15) is 0 Å². The minimum absolute atomic E-state index is 0.0329. The van der Waals surface area contributed by atoms with E-state index >= 15 is 0 Å². The molecule has 0 saturated carbocycles. The number of H-pyrrole nitrogens is 1. The smallest absolute Gasteiger partial charge is 0.272 e. The summed E-state index contributed by atoms with van der Waals surface area (Å²) in [5.74, 6) is 0.0975. The third-order valence-corrected chi connectivity index (χ3v) is 6.71. The van der Waals surface area contributed by atoms with Crippen LogP contribution in [-0.2, 0) is 0 Å². The van der Waals surface area contributed by atoms with Crippen LogP contribution >= 0.6 is 11.8 Å². The number of aromatic amines is 1. The second-order valence-corrected chi connectivity index (χ2v) is 8.57. The third-order valence-electron chi connectivity index (χ3n) is 6.06. The number of piperidine rings is 1. The van der Waals surface area contributed by atoms with Gasteiger partial charge in [-0.1, -0.05) is 30.0 Å². The molecule has 0 radical (unpaired) electrons. The van der Waals surface area contributed by atoms with E-state index in [2.05, 4.69) is 34.4 Å². The molecule has 7 heteroatoms. The molecule has 1 aliphatic heterocycles. The first-order valence-corrected chi connectivity index (χ1v) is 11.6. The number of likely N-dealkylation sites (tertiary alicyclic amines) is 1. The summed E-state index contributed by atoms with van der Waals surface area (Å²) in [7, 11) is 0. The summed E-state index contributed by atoms with van der Waals surface area (Å²) in [5.41, 5.74) is 3.74. The highest BCUT2D eigenvalue weighted by Crippen LogP contribution is 2.34. The molecule has 0 atom stereocenters. The molecule has 1 amide bonds. The number of halogens is 1. The lowest BCUT2D eigenvalue weighted by Gasteiger charge is -2.32. The summed E-state index contributed by atoms with van der Waals surface area (Å²) in [6.45, 7) is 1.40. The zero-order chi connectivity index (χ0) is 21.4. The molecule has 4 aromatic rings. The number of para-hydroxylation sites is 1. The summed E-state index contributed by atoms with van der Waals surface area (Å²) in [6.07, 6.45) is 7.51. The monoisotopic (exact) mass is 434 g/mol. The zero-order valence-electron chi connectivity index (χ0n) is 17.2. The Labute approximate surface area is 184 Å². The number of rotatable bonds is 4. The number of nitrogens with zero attached hydrogens (tertiary/aromatic N) is 3. The highest BCUT2D eigenvalue weighted by atomic mass is 32.2. The maximum atomic E-state index is 13.4. The summed E-state index contributed by atoms with van der Waals surface area (Å²) >= 11 is 1.46. The quantitative estimate of drug-likeness (QED) is 0.447. The molecule has 0 bridgehead atoms. The number of thioether (sulfide) groups is 1. The van der Waals surface area contributed by atoms with E-state index in [1.165, 1.54) is 34.8 Å². The third kappa shape index (κ3) is 3.63. The lowest BCUT2D eigenvalue weighted by Crippen LogP contribution is -2.38. The van der Waals surface area contributed by atoms with Gasteiger partial charge in [-0.3, -0.25) is 9.36 Å². The molecule has 0 aliphatic carbocycles. The van der Waals surface area contributed by atoms with Crippen LogP contribution in [-0.4, -0.2) is 44.7 Å². The van der Waals surface area contributed by atoms with Crippen molar-refractivity contribution in [2.75, 3.05) is 19.3 Å². The number of nitrogens with one attached hydrogen (secondary N) is 1. The Morgan fingerprint density at radius 3 is 2.61 bits per heavy atom. The van der Waals surface area contributed by atoms with Crippen molar-refractivity contribution >= 4 is 28.6 Å². The van der Waals surface area contributed by atoms with Crippen LogP contribution in [0.15, 0.2) is 66.1 Å². The summed E-state index contributed by atoms with van der Waals surface area (Å²) < 4.78 is 15.2. The van der Waals surface area contributed by atoms with Gasteiger partial charge in [0.25, 0.3) is 5.91 Å². The van der Waals surface area contributed by atoms with Crippen molar-refractivity contribution in [1.82, 2.24) is 19.4 Å². The average Bonchev–Trinajstić information content (AvgIpc) is 3.44. The second-order valence-electron chi connectivity index (χ2n) is 7.80. The summed E-state index contributed by atoms with van der Waals surface area (Å²) in [4.78, 5) is 23.1. The van der Waals surface area contributed by atoms with Crippen LogP contribution in [0.4, 0.5) is 4.39 Å². The highest BCUT2D eigenvalue weighted by molar-refractivity contribution is 7.98. The van der Waals surface area contributed by atoms with Gasteiger partial charge in [0.15, 0.2) is 5.16 Å². The van der Waals surface area contributed by atoms with Gasteiger partial charge in [-0.25, -0.2) is 9.37 Å². The molecule has 1 aliphatic rings. The van der Waals surface area contributed by atoms with E-state index in [9.17, 15) is 9.18 Å². The predicted molar refractivity (Wildman–Crippen MR) is 121 cm³/mol. The Morgan fingerprint density at radius 1 is 1.13 bits per heavy atom. The summed E-state index contributed by atoms with van der Waals surface area (Å²) in [5, 5.41) is 1.98. The van der Waals surface area contributed by atoms with Gasteiger partial charge in [0.1, 0.15) is 11.5 Å². The normalized spacial score (nSPS) is 15.0.